The van der Waals surface area contributed by atoms with Gasteiger partial charge in [-0.2, -0.15) is 0 Å². The van der Waals surface area contributed by atoms with E-state index in [1.165, 1.54) is 5.20 Å². The molecule has 1 atom stereocenters. The maximum Gasteiger partial charge on any atom is 0.436 e. The normalized spacial score (nSPS) is 20.0. The molecule has 0 aromatic carbocycles. The minimum atomic E-state index is -2.54. The first-order chi connectivity index (χ1) is 9.56. The molecule has 1 N–H and O–H groups in total. The molecule has 0 heterocycles. The molecule has 0 aromatic heterocycles. The highest BCUT2D eigenvalue weighted by atomic mass is 28.4. The van der Waals surface area contributed by atoms with Crippen molar-refractivity contribution in [2.75, 3.05) is 13.2 Å². The van der Waals surface area contributed by atoms with Crippen molar-refractivity contribution in [1.29, 1.82) is 0 Å². The molecule has 0 fully saturated rings. The predicted octanol–water partition coefficient (Wildman–Crippen LogP) is 4.13. The monoisotopic (exact) mass is 327 g/mol. The first kappa shape index (κ1) is 18.8. The third-order valence-corrected chi connectivity index (χ3v) is 9.81. The van der Waals surface area contributed by atoms with Crippen LogP contribution in [0.3, 0.4) is 0 Å². The third-order valence-electron chi connectivity index (χ3n) is 3.46. The van der Waals surface area contributed by atoms with Crippen molar-refractivity contribution in [2.24, 2.45) is 0 Å². The topological polar surface area (TPSA) is 30.5 Å². The molecule has 5 heteroatoms. The molecule has 0 aliphatic heterocycles. The van der Waals surface area contributed by atoms with Gasteiger partial charge in [-0.15, -0.1) is 0 Å². The molecule has 0 bridgehead atoms. The molecule has 0 saturated carbocycles. The fraction of sp³-hybridized carbons (Fsp3) is 0.750. The lowest BCUT2D eigenvalue weighted by Gasteiger charge is -2.42. The van der Waals surface area contributed by atoms with Gasteiger partial charge in [-0.1, -0.05) is 43.1 Å². The zero-order valence-electron chi connectivity index (χ0n) is 15.0. The van der Waals surface area contributed by atoms with Gasteiger partial charge in [-0.3, -0.25) is 4.98 Å². The SMILES string of the molecule is CCO[Si](NC(C)(C)C)(OCC)C1C=CC=C1[Si](C)(C)C. The molecule has 1 aliphatic carbocycles. The first-order valence-electron chi connectivity index (χ1n) is 8.02. The van der Waals surface area contributed by atoms with Crippen molar-refractivity contribution in [1.82, 2.24) is 4.98 Å². The highest BCUT2D eigenvalue weighted by molar-refractivity contribution is 6.86. The van der Waals surface area contributed by atoms with E-state index in [1.54, 1.807) is 0 Å². The van der Waals surface area contributed by atoms with E-state index in [2.05, 4.69) is 77.5 Å². The smallest absolute Gasteiger partial charge is 0.382 e. The number of nitrogens with one attached hydrogen (secondary N) is 1. The van der Waals surface area contributed by atoms with E-state index in [0.29, 0.717) is 13.2 Å². The van der Waals surface area contributed by atoms with Crippen LogP contribution in [0.1, 0.15) is 34.6 Å². The Morgan fingerprint density at radius 3 is 2.00 bits per heavy atom. The molecule has 1 unspecified atom stereocenters. The largest absolute Gasteiger partial charge is 0.436 e. The van der Waals surface area contributed by atoms with Crippen LogP contribution in [0.2, 0.25) is 25.2 Å². The van der Waals surface area contributed by atoms with Crippen molar-refractivity contribution in [3.05, 3.63) is 23.4 Å². The summed E-state index contributed by atoms with van der Waals surface area (Å²) >= 11 is 0. The van der Waals surface area contributed by atoms with Gasteiger partial charge in [0.05, 0.1) is 13.6 Å². The van der Waals surface area contributed by atoms with Crippen LogP contribution >= 0.6 is 0 Å². The van der Waals surface area contributed by atoms with Crippen LogP contribution in [0.25, 0.3) is 0 Å². The average Bonchev–Trinajstić information content (AvgIpc) is 2.75. The number of hydrogen-bond donors (Lipinski definition) is 1. The quantitative estimate of drug-likeness (QED) is 0.713. The molecule has 0 amide bonds. The second-order valence-corrected chi connectivity index (χ2v) is 15.5. The molecule has 1 aliphatic rings. The summed E-state index contributed by atoms with van der Waals surface area (Å²) in [5, 5.41) is 1.54. The van der Waals surface area contributed by atoms with E-state index in [1.807, 2.05) is 0 Å². The van der Waals surface area contributed by atoms with E-state index in [4.69, 9.17) is 8.85 Å². The molecular formula is C16H33NO2Si2. The Morgan fingerprint density at radius 1 is 1.10 bits per heavy atom. The first-order valence-corrected chi connectivity index (χ1v) is 13.4. The lowest BCUT2D eigenvalue weighted by atomic mass is 10.1. The van der Waals surface area contributed by atoms with Gasteiger partial charge in [0.1, 0.15) is 0 Å². The van der Waals surface area contributed by atoms with Gasteiger partial charge >= 0.3 is 8.72 Å². The van der Waals surface area contributed by atoms with Crippen molar-refractivity contribution in [3.8, 4) is 0 Å². The minimum Gasteiger partial charge on any atom is -0.382 e. The van der Waals surface area contributed by atoms with E-state index < -0.39 is 16.8 Å². The van der Waals surface area contributed by atoms with Gasteiger partial charge in [0.25, 0.3) is 0 Å². The lowest BCUT2D eigenvalue weighted by Crippen LogP contribution is -2.65. The van der Waals surface area contributed by atoms with Crippen LogP contribution in [0.15, 0.2) is 23.4 Å². The summed E-state index contributed by atoms with van der Waals surface area (Å²) in [6, 6.07) is 0. The third kappa shape index (κ3) is 4.89. The molecule has 21 heavy (non-hydrogen) atoms. The Balaban J connectivity index is 3.22. The van der Waals surface area contributed by atoms with Crippen LogP contribution in [0, 0.1) is 0 Å². The van der Waals surface area contributed by atoms with Crippen LogP contribution in [0.4, 0.5) is 0 Å². The van der Waals surface area contributed by atoms with E-state index in [-0.39, 0.29) is 11.1 Å². The van der Waals surface area contributed by atoms with Crippen molar-refractivity contribution < 1.29 is 8.85 Å². The highest BCUT2D eigenvalue weighted by Gasteiger charge is 2.52. The highest BCUT2D eigenvalue weighted by Crippen LogP contribution is 2.40. The van der Waals surface area contributed by atoms with Gasteiger partial charge in [0.2, 0.25) is 0 Å². The Morgan fingerprint density at radius 2 is 1.62 bits per heavy atom. The van der Waals surface area contributed by atoms with Crippen LogP contribution in [-0.4, -0.2) is 35.5 Å². The molecule has 0 radical (unpaired) electrons. The fourth-order valence-corrected chi connectivity index (χ4v) is 9.86. The molecule has 0 saturated heterocycles. The fourth-order valence-electron chi connectivity index (χ4n) is 2.85. The average molecular weight is 328 g/mol. The maximum absolute atomic E-state index is 6.29. The van der Waals surface area contributed by atoms with E-state index in [0.717, 1.165) is 0 Å². The van der Waals surface area contributed by atoms with Crippen LogP contribution < -0.4 is 4.98 Å². The summed E-state index contributed by atoms with van der Waals surface area (Å²) in [6.45, 7) is 19.2. The summed E-state index contributed by atoms with van der Waals surface area (Å²) in [7, 11) is -3.94. The Hall–Kier alpha value is -0.206. The maximum atomic E-state index is 6.29. The summed E-state index contributed by atoms with van der Waals surface area (Å²) in [4.78, 5) is 3.74. The Bertz CT molecular complexity index is 399. The van der Waals surface area contributed by atoms with Crippen molar-refractivity contribution >= 4 is 16.8 Å². The van der Waals surface area contributed by atoms with E-state index >= 15 is 0 Å². The summed E-state index contributed by atoms with van der Waals surface area (Å²) < 4.78 is 12.6. The summed E-state index contributed by atoms with van der Waals surface area (Å²) in [5.41, 5.74) is 0.251. The zero-order valence-corrected chi connectivity index (χ0v) is 17.0. The van der Waals surface area contributed by atoms with Gasteiger partial charge in [-0.05, 0) is 34.6 Å². The van der Waals surface area contributed by atoms with Crippen LogP contribution in [0.5, 0.6) is 0 Å². The van der Waals surface area contributed by atoms with Crippen molar-refractivity contribution in [3.63, 3.8) is 0 Å². The number of rotatable bonds is 7. The van der Waals surface area contributed by atoms with Gasteiger partial charge < -0.3 is 8.85 Å². The molecule has 1 rings (SSSR count). The predicted molar refractivity (Wildman–Crippen MR) is 96.2 cm³/mol. The molecule has 0 aromatic rings. The van der Waals surface area contributed by atoms with E-state index in [9.17, 15) is 0 Å². The van der Waals surface area contributed by atoms with Gasteiger partial charge in [0, 0.05) is 18.8 Å². The van der Waals surface area contributed by atoms with Gasteiger partial charge in [-0.25, -0.2) is 0 Å². The second-order valence-electron chi connectivity index (χ2n) is 7.64. The molecule has 122 valence electrons. The number of allylic oxidation sites excluding steroid dienone is 4. The Labute approximate surface area is 133 Å². The Kier molecular flexibility index (Phi) is 6.21. The number of hydrogen-bond acceptors (Lipinski definition) is 3. The lowest BCUT2D eigenvalue weighted by molar-refractivity contribution is 0.157. The molecular weight excluding hydrogens is 294 g/mol. The standard InChI is InChI=1S/C16H33NO2Si2/c1-9-18-21(19-10-2,17-16(3,4)5)15-13-11-12-14(15)20(6,7)8/h11-13,15,17H,9-10H2,1-8H3. The second kappa shape index (κ2) is 6.92. The minimum absolute atomic E-state index is 0.0302. The van der Waals surface area contributed by atoms with Gasteiger partial charge in [0.15, 0.2) is 0 Å². The molecule has 3 nitrogen and oxygen atoms in total. The summed E-state index contributed by atoms with van der Waals surface area (Å²) in [5.74, 6) is 0. The zero-order chi connectivity index (χ0) is 16.3. The van der Waals surface area contributed by atoms with Crippen molar-refractivity contribution in [2.45, 2.75) is 65.3 Å². The molecule has 0 spiro atoms. The van der Waals surface area contributed by atoms with Crippen LogP contribution in [-0.2, 0) is 8.85 Å². The summed E-state index contributed by atoms with van der Waals surface area (Å²) in [6.07, 6.45) is 6.76.